The molecule has 0 amide bonds. The number of hydrogen-bond donors (Lipinski definition) is 1. The number of rotatable bonds is 6. The molecule has 17 heavy (non-hydrogen) atoms. The zero-order valence-electron chi connectivity index (χ0n) is 12.4. The van der Waals surface area contributed by atoms with E-state index >= 15 is 0 Å². The van der Waals surface area contributed by atoms with E-state index in [2.05, 4.69) is 33.0 Å². The van der Waals surface area contributed by atoms with E-state index in [1.807, 2.05) is 0 Å². The summed E-state index contributed by atoms with van der Waals surface area (Å²) >= 11 is 0. The lowest BCUT2D eigenvalue weighted by Crippen LogP contribution is -2.44. The average molecular weight is 241 g/mol. The van der Waals surface area contributed by atoms with Crippen LogP contribution in [-0.2, 0) is 4.74 Å². The van der Waals surface area contributed by atoms with Gasteiger partial charge in [-0.2, -0.15) is 0 Å². The van der Waals surface area contributed by atoms with Crippen LogP contribution in [0, 0.1) is 17.3 Å². The molecule has 1 rings (SSSR count). The fraction of sp³-hybridized carbons (Fsp3) is 1.00. The van der Waals surface area contributed by atoms with Crippen molar-refractivity contribution in [1.29, 1.82) is 0 Å². The monoisotopic (exact) mass is 241 g/mol. The van der Waals surface area contributed by atoms with Crippen molar-refractivity contribution in [3.8, 4) is 0 Å². The third-order valence-electron chi connectivity index (χ3n) is 4.53. The minimum atomic E-state index is 0.344. The van der Waals surface area contributed by atoms with Crippen molar-refractivity contribution in [2.24, 2.45) is 17.3 Å². The lowest BCUT2D eigenvalue weighted by Gasteiger charge is -2.37. The third-order valence-corrected chi connectivity index (χ3v) is 4.53. The molecule has 0 bridgehead atoms. The van der Waals surface area contributed by atoms with Crippen LogP contribution in [0.25, 0.3) is 0 Å². The fourth-order valence-corrected chi connectivity index (χ4v) is 2.74. The predicted molar refractivity (Wildman–Crippen MR) is 74.2 cm³/mol. The molecular weight excluding hydrogens is 210 g/mol. The highest BCUT2D eigenvalue weighted by molar-refractivity contribution is 4.84. The van der Waals surface area contributed by atoms with Crippen LogP contribution in [0.15, 0.2) is 0 Å². The topological polar surface area (TPSA) is 21.3 Å². The molecule has 1 aliphatic carbocycles. The Hall–Kier alpha value is -0.0800. The zero-order chi connectivity index (χ0) is 12.9. The Balaban J connectivity index is 2.33. The Morgan fingerprint density at radius 2 is 1.94 bits per heavy atom. The van der Waals surface area contributed by atoms with Crippen LogP contribution in [0.4, 0.5) is 0 Å². The van der Waals surface area contributed by atoms with Gasteiger partial charge in [0.2, 0.25) is 0 Å². The Labute approximate surface area is 108 Å². The van der Waals surface area contributed by atoms with Gasteiger partial charge in [-0.25, -0.2) is 0 Å². The van der Waals surface area contributed by atoms with Crippen molar-refractivity contribution in [3.63, 3.8) is 0 Å². The Bertz CT molecular complexity index is 215. The van der Waals surface area contributed by atoms with Gasteiger partial charge in [-0.15, -0.1) is 0 Å². The minimum Gasteiger partial charge on any atom is -0.385 e. The second-order valence-electron chi connectivity index (χ2n) is 6.66. The van der Waals surface area contributed by atoms with Crippen LogP contribution >= 0.6 is 0 Å². The smallest absolute Gasteiger partial charge is 0.0467 e. The summed E-state index contributed by atoms with van der Waals surface area (Å²) in [4.78, 5) is 0. The largest absolute Gasteiger partial charge is 0.385 e. The molecule has 0 spiro atoms. The molecule has 2 heteroatoms. The molecule has 1 aliphatic rings. The van der Waals surface area contributed by atoms with Crippen LogP contribution in [0.2, 0.25) is 0 Å². The first-order valence-corrected chi connectivity index (χ1v) is 7.18. The number of nitrogens with one attached hydrogen (secondary N) is 1. The fourth-order valence-electron chi connectivity index (χ4n) is 2.74. The van der Waals surface area contributed by atoms with Crippen LogP contribution in [0.3, 0.4) is 0 Å². The van der Waals surface area contributed by atoms with E-state index < -0.39 is 0 Å². The van der Waals surface area contributed by atoms with E-state index in [1.165, 1.54) is 19.3 Å². The maximum atomic E-state index is 5.18. The van der Waals surface area contributed by atoms with Crippen molar-refractivity contribution in [2.45, 2.75) is 59.4 Å². The molecule has 0 saturated heterocycles. The number of hydrogen-bond acceptors (Lipinski definition) is 2. The summed E-state index contributed by atoms with van der Waals surface area (Å²) < 4.78 is 5.18. The lowest BCUT2D eigenvalue weighted by molar-refractivity contribution is 0.138. The average Bonchev–Trinajstić information content (AvgIpc) is 2.29. The highest BCUT2D eigenvalue weighted by Crippen LogP contribution is 2.30. The highest BCUT2D eigenvalue weighted by Gasteiger charge is 2.28. The van der Waals surface area contributed by atoms with Crippen molar-refractivity contribution >= 4 is 0 Å². The normalized spacial score (nSPS) is 30.5. The van der Waals surface area contributed by atoms with Crippen molar-refractivity contribution in [2.75, 3.05) is 20.3 Å². The Kier molecular flexibility index (Phi) is 5.94. The van der Waals surface area contributed by atoms with Gasteiger partial charge < -0.3 is 10.1 Å². The van der Waals surface area contributed by atoms with Gasteiger partial charge in [0.05, 0.1) is 0 Å². The molecule has 0 radical (unpaired) electrons. The van der Waals surface area contributed by atoms with Gasteiger partial charge in [-0.1, -0.05) is 40.5 Å². The van der Waals surface area contributed by atoms with Gasteiger partial charge in [0, 0.05) is 26.3 Å². The molecule has 1 N–H and O–H groups in total. The van der Waals surface area contributed by atoms with E-state index in [4.69, 9.17) is 4.74 Å². The second kappa shape index (κ2) is 6.75. The quantitative estimate of drug-likeness (QED) is 0.769. The molecular formula is C15H31NO. The van der Waals surface area contributed by atoms with E-state index in [9.17, 15) is 0 Å². The summed E-state index contributed by atoms with van der Waals surface area (Å²) in [5, 5.41) is 3.80. The van der Waals surface area contributed by atoms with E-state index in [0.29, 0.717) is 5.41 Å². The first-order chi connectivity index (χ1) is 7.96. The van der Waals surface area contributed by atoms with Crippen LogP contribution in [0.5, 0.6) is 0 Å². The number of ether oxygens (including phenoxy) is 1. The predicted octanol–water partition coefficient (Wildman–Crippen LogP) is 3.46. The van der Waals surface area contributed by atoms with Gasteiger partial charge in [0.15, 0.2) is 0 Å². The minimum absolute atomic E-state index is 0.344. The standard InChI is InChI=1S/C15H31NO/c1-12-7-6-8-14(13(12)2)16-11-15(3,4)9-10-17-5/h12-14,16H,6-11H2,1-5H3. The molecule has 3 atom stereocenters. The van der Waals surface area contributed by atoms with Gasteiger partial charge in [-0.3, -0.25) is 0 Å². The van der Waals surface area contributed by atoms with E-state index in [0.717, 1.165) is 37.5 Å². The molecule has 0 heterocycles. The van der Waals surface area contributed by atoms with Crippen molar-refractivity contribution < 1.29 is 4.74 Å². The second-order valence-corrected chi connectivity index (χ2v) is 6.66. The summed E-state index contributed by atoms with van der Waals surface area (Å²) in [5.41, 5.74) is 0.344. The van der Waals surface area contributed by atoms with Crippen molar-refractivity contribution in [1.82, 2.24) is 5.32 Å². The van der Waals surface area contributed by atoms with Gasteiger partial charge in [0.25, 0.3) is 0 Å². The zero-order valence-corrected chi connectivity index (χ0v) is 12.4. The van der Waals surface area contributed by atoms with E-state index in [-0.39, 0.29) is 0 Å². The molecule has 0 aromatic heterocycles. The molecule has 0 aliphatic heterocycles. The Morgan fingerprint density at radius 1 is 1.24 bits per heavy atom. The summed E-state index contributed by atoms with van der Waals surface area (Å²) in [7, 11) is 1.79. The number of methoxy groups -OCH3 is 1. The molecule has 0 aromatic carbocycles. The van der Waals surface area contributed by atoms with Crippen molar-refractivity contribution in [3.05, 3.63) is 0 Å². The van der Waals surface area contributed by atoms with E-state index in [1.54, 1.807) is 7.11 Å². The van der Waals surface area contributed by atoms with Gasteiger partial charge in [0.1, 0.15) is 0 Å². The first kappa shape index (κ1) is 15.0. The third kappa shape index (κ3) is 4.97. The van der Waals surface area contributed by atoms with Crippen LogP contribution in [-0.4, -0.2) is 26.3 Å². The SMILES string of the molecule is COCCC(C)(C)CNC1CCCC(C)C1C. The van der Waals surface area contributed by atoms with Gasteiger partial charge in [-0.05, 0) is 30.1 Å². The summed E-state index contributed by atoms with van der Waals surface area (Å²) in [5.74, 6) is 1.70. The van der Waals surface area contributed by atoms with Crippen LogP contribution in [0.1, 0.15) is 53.4 Å². The Morgan fingerprint density at radius 3 is 2.59 bits per heavy atom. The summed E-state index contributed by atoms with van der Waals surface area (Å²) in [6.45, 7) is 11.4. The van der Waals surface area contributed by atoms with Crippen LogP contribution < -0.4 is 5.32 Å². The molecule has 3 unspecified atom stereocenters. The molecule has 2 nitrogen and oxygen atoms in total. The van der Waals surface area contributed by atoms with Gasteiger partial charge >= 0.3 is 0 Å². The molecule has 1 fully saturated rings. The molecule has 1 saturated carbocycles. The summed E-state index contributed by atoms with van der Waals surface area (Å²) in [6, 6.07) is 0.723. The maximum absolute atomic E-state index is 5.18. The summed E-state index contributed by atoms with van der Waals surface area (Å²) in [6.07, 6.45) is 5.28. The molecule has 102 valence electrons. The first-order valence-electron chi connectivity index (χ1n) is 7.18. The lowest BCUT2D eigenvalue weighted by atomic mass is 9.77. The highest BCUT2D eigenvalue weighted by atomic mass is 16.5. The maximum Gasteiger partial charge on any atom is 0.0467 e. The molecule has 0 aromatic rings.